The van der Waals surface area contributed by atoms with Crippen LogP contribution in [0.3, 0.4) is 0 Å². The zero-order valence-electron chi connectivity index (χ0n) is 30.4. The standard InChI is InChI=1S/C41H50N4O7/c1-27-23-45(28(2)26-46)39(47)35-22-33(42-41(50)43-36-14-9-12-31-11-5-6-13-34(31)36)19-20-37(35)52-29(3)10-7-8-21-51-38(27)25-44(4)24-30-15-17-32(18-16-30)40(48)49/h5-6,9,11-20,22,27-29,38,46H,7-8,10,21,23-26H2,1-4H3,(H,48,49)(H2,42,43,50)/t27-,28+,29-,38-/m0/s1. The molecule has 4 atom stereocenters. The Morgan fingerprint density at radius 1 is 0.981 bits per heavy atom. The van der Waals surface area contributed by atoms with Gasteiger partial charge in [0.05, 0.1) is 41.7 Å². The predicted octanol–water partition coefficient (Wildman–Crippen LogP) is 7.11. The number of likely N-dealkylation sites (N-methyl/N-ethyl adjacent to an activating group) is 1. The van der Waals surface area contributed by atoms with E-state index in [-0.39, 0.29) is 36.2 Å². The summed E-state index contributed by atoms with van der Waals surface area (Å²) < 4.78 is 12.8. The number of ether oxygens (including phenoxy) is 2. The van der Waals surface area contributed by atoms with Gasteiger partial charge in [-0.1, -0.05) is 55.5 Å². The number of fused-ring (bicyclic) bond motifs is 2. The molecule has 0 aromatic heterocycles. The van der Waals surface area contributed by atoms with Crippen LogP contribution in [-0.4, -0.2) is 89.5 Å². The zero-order chi connectivity index (χ0) is 37.2. The number of rotatable bonds is 9. The second-order valence-electron chi connectivity index (χ2n) is 13.8. The lowest BCUT2D eigenvalue weighted by Gasteiger charge is -2.36. The monoisotopic (exact) mass is 710 g/mol. The van der Waals surface area contributed by atoms with Gasteiger partial charge < -0.3 is 35.2 Å². The fourth-order valence-corrected chi connectivity index (χ4v) is 6.52. The first-order valence-electron chi connectivity index (χ1n) is 17.9. The molecule has 1 aliphatic heterocycles. The molecule has 4 N–H and O–H groups in total. The second kappa shape index (κ2) is 18.0. The summed E-state index contributed by atoms with van der Waals surface area (Å²) in [6.45, 7) is 7.61. The third kappa shape index (κ3) is 10.1. The van der Waals surface area contributed by atoms with Gasteiger partial charge in [-0.2, -0.15) is 0 Å². The van der Waals surface area contributed by atoms with Gasteiger partial charge in [0.15, 0.2) is 0 Å². The molecule has 1 heterocycles. The number of carboxylic acid groups (broad SMARTS) is 1. The molecule has 11 nitrogen and oxygen atoms in total. The number of amides is 3. The third-order valence-corrected chi connectivity index (χ3v) is 9.49. The Morgan fingerprint density at radius 3 is 2.48 bits per heavy atom. The lowest BCUT2D eigenvalue weighted by molar-refractivity contribution is -0.0177. The fraction of sp³-hybridized carbons (Fsp3) is 0.390. The van der Waals surface area contributed by atoms with E-state index in [0.29, 0.717) is 48.9 Å². The number of carbonyl (C=O) groups is 3. The normalized spacial score (nSPS) is 19.3. The van der Waals surface area contributed by atoms with E-state index in [1.54, 1.807) is 42.2 Å². The zero-order valence-corrected chi connectivity index (χ0v) is 30.4. The summed E-state index contributed by atoms with van der Waals surface area (Å²) in [7, 11) is 1.99. The van der Waals surface area contributed by atoms with Crippen molar-refractivity contribution in [2.45, 2.75) is 64.8 Å². The highest BCUT2D eigenvalue weighted by Gasteiger charge is 2.30. The van der Waals surface area contributed by atoms with Crippen LogP contribution < -0.4 is 15.4 Å². The smallest absolute Gasteiger partial charge is 0.335 e. The number of nitrogens with one attached hydrogen (secondary N) is 2. The van der Waals surface area contributed by atoms with E-state index in [4.69, 9.17) is 9.47 Å². The van der Waals surface area contributed by atoms with Crippen LogP contribution in [0.2, 0.25) is 0 Å². The average Bonchev–Trinajstić information content (AvgIpc) is 3.13. The molecule has 0 saturated carbocycles. The van der Waals surface area contributed by atoms with E-state index in [0.717, 1.165) is 35.6 Å². The highest BCUT2D eigenvalue weighted by molar-refractivity contribution is 6.07. The van der Waals surface area contributed by atoms with Crippen LogP contribution in [0.1, 0.15) is 66.3 Å². The first-order valence-corrected chi connectivity index (χ1v) is 17.9. The first kappa shape index (κ1) is 38.3. The van der Waals surface area contributed by atoms with Gasteiger partial charge in [0, 0.05) is 43.2 Å². The Labute approximate surface area is 305 Å². The summed E-state index contributed by atoms with van der Waals surface area (Å²) in [5.41, 5.74) is 2.60. The Hall–Kier alpha value is -4.97. The maximum absolute atomic E-state index is 14.5. The molecule has 0 spiro atoms. The summed E-state index contributed by atoms with van der Waals surface area (Å²) in [6.07, 6.45) is 2.06. The molecule has 276 valence electrons. The van der Waals surface area contributed by atoms with E-state index in [1.807, 2.05) is 75.5 Å². The minimum Gasteiger partial charge on any atom is -0.490 e. The van der Waals surface area contributed by atoms with Gasteiger partial charge in [0.25, 0.3) is 5.91 Å². The molecule has 0 bridgehead atoms. The lowest BCUT2D eigenvalue weighted by atomic mass is 10.0. The summed E-state index contributed by atoms with van der Waals surface area (Å²) >= 11 is 0. The summed E-state index contributed by atoms with van der Waals surface area (Å²) in [5.74, 6) is -0.986. The van der Waals surface area contributed by atoms with Crippen molar-refractivity contribution in [3.05, 3.63) is 102 Å². The van der Waals surface area contributed by atoms with Crippen LogP contribution in [0.25, 0.3) is 10.8 Å². The van der Waals surface area contributed by atoms with Crippen molar-refractivity contribution in [2.75, 3.05) is 44.0 Å². The average molecular weight is 711 g/mol. The summed E-state index contributed by atoms with van der Waals surface area (Å²) in [6, 6.07) is 24.5. The number of nitrogens with zero attached hydrogens (tertiary/aromatic N) is 2. The number of carboxylic acids is 1. The van der Waals surface area contributed by atoms with Gasteiger partial charge in [-0.05, 0) is 87.5 Å². The molecule has 0 unspecified atom stereocenters. The number of aliphatic hydroxyl groups is 1. The number of hydrogen-bond donors (Lipinski definition) is 4. The summed E-state index contributed by atoms with van der Waals surface area (Å²) in [5, 5.41) is 27.3. The van der Waals surface area contributed by atoms with Gasteiger partial charge in [0.1, 0.15) is 5.75 Å². The number of hydrogen-bond acceptors (Lipinski definition) is 7. The molecule has 4 aromatic rings. The van der Waals surface area contributed by atoms with Gasteiger partial charge >= 0.3 is 12.0 Å². The fourth-order valence-electron chi connectivity index (χ4n) is 6.52. The van der Waals surface area contributed by atoms with Crippen molar-refractivity contribution in [3.8, 4) is 5.75 Å². The van der Waals surface area contributed by atoms with Crippen LogP contribution in [0.15, 0.2) is 84.9 Å². The van der Waals surface area contributed by atoms with Gasteiger partial charge in [0.2, 0.25) is 0 Å². The van der Waals surface area contributed by atoms with E-state index in [1.165, 1.54) is 0 Å². The van der Waals surface area contributed by atoms with Crippen molar-refractivity contribution in [1.29, 1.82) is 0 Å². The van der Waals surface area contributed by atoms with Gasteiger partial charge in [-0.15, -0.1) is 0 Å². The molecular weight excluding hydrogens is 660 g/mol. The number of urea groups is 1. The van der Waals surface area contributed by atoms with E-state index >= 15 is 0 Å². The van der Waals surface area contributed by atoms with E-state index in [9.17, 15) is 24.6 Å². The molecule has 11 heteroatoms. The van der Waals surface area contributed by atoms with Gasteiger partial charge in [-0.25, -0.2) is 9.59 Å². The Kier molecular flexibility index (Phi) is 13.2. The van der Waals surface area contributed by atoms with E-state index in [2.05, 4.69) is 15.5 Å². The van der Waals surface area contributed by atoms with Crippen molar-refractivity contribution in [1.82, 2.24) is 9.80 Å². The highest BCUT2D eigenvalue weighted by Crippen LogP contribution is 2.29. The Bertz CT molecular complexity index is 1830. The van der Waals surface area contributed by atoms with Crippen LogP contribution in [0.4, 0.5) is 16.2 Å². The highest BCUT2D eigenvalue weighted by atomic mass is 16.5. The SMILES string of the molecule is C[C@H](CO)N1C[C@H](C)[C@H](CN(C)Cc2ccc(C(=O)O)cc2)OCCCC[C@H](C)Oc2ccc(NC(=O)Nc3cccc4ccccc34)cc2C1=O. The number of benzene rings is 4. The Balaban J connectivity index is 1.37. The molecule has 52 heavy (non-hydrogen) atoms. The van der Waals surface area contributed by atoms with Gasteiger partial charge in [-0.3, -0.25) is 9.69 Å². The molecular formula is C41H50N4O7. The van der Waals surface area contributed by atoms with Crippen LogP contribution >= 0.6 is 0 Å². The second-order valence-corrected chi connectivity index (χ2v) is 13.8. The maximum atomic E-state index is 14.5. The molecule has 0 fully saturated rings. The van der Waals surface area contributed by atoms with Crippen molar-refractivity contribution < 1.29 is 34.1 Å². The molecule has 0 aliphatic carbocycles. The van der Waals surface area contributed by atoms with Crippen LogP contribution in [-0.2, 0) is 11.3 Å². The van der Waals surface area contributed by atoms with Crippen LogP contribution in [0.5, 0.6) is 5.75 Å². The minimum atomic E-state index is -0.962. The molecule has 3 amide bonds. The molecule has 1 aliphatic rings. The van der Waals surface area contributed by atoms with Crippen LogP contribution in [0, 0.1) is 5.92 Å². The topological polar surface area (TPSA) is 141 Å². The molecule has 0 radical (unpaired) electrons. The quantitative estimate of drug-likeness (QED) is 0.144. The Morgan fingerprint density at radius 2 is 1.73 bits per heavy atom. The predicted molar refractivity (Wildman–Crippen MR) is 203 cm³/mol. The number of carbonyl (C=O) groups excluding carboxylic acids is 2. The molecule has 0 saturated heterocycles. The lowest BCUT2D eigenvalue weighted by Crippen LogP contribution is -2.47. The maximum Gasteiger partial charge on any atom is 0.335 e. The van der Waals surface area contributed by atoms with Crippen molar-refractivity contribution in [3.63, 3.8) is 0 Å². The van der Waals surface area contributed by atoms with Crippen molar-refractivity contribution >= 4 is 40.1 Å². The van der Waals surface area contributed by atoms with Crippen molar-refractivity contribution in [2.24, 2.45) is 5.92 Å². The first-order chi connectivity index (χ1) is 25.0. The molecule has 5 rings (SSSR count). The number of aliphatic hydroxyl groups excluding tert-OH is 1. The van der Waals surface area contributed by atoms with E-state index < -0.39 is 18.0 Å². The third-order valence-electron chi connectivity index (χ3n) is 9.49. The number of anilines is 2. The minimum absolute atomic E-state index is 0.117. The number of aromatic carboxylic acids is 1. The largest absolute Gasteiger partial charge is 0.490 e. The summed E-state index contributed by atoms with van der Waals surface area (Å²) in [4.78, 5) is 42.8. The molecule has 4 aromatic carbocycles.